The van der Waals surface area contributed by atoms with Gasteiger partial charge in [-0.25, -0.2) is 9.97 Å². The van der Waals surface area contributed by atoms with E-state index >= 15 is 0 Å². The Bertz CT molecular complexity index is 1660. The fraction of sp³-hybridized carbons (Fsp3) is 0. The van der Waals surface area contributed by atoms with E-state index in [0.29, 0.717) is 11.1 Å². The van der Waals surface area contributed by atoms with E-state index in [-0.39, 0.29) is 0 Å². The van der Waals surface area contributed by atoms with Gasteiger partial charge in [0.15, 0.2) is 0 Å². The topological polar surface area (TPSA) is 83.2 Å². The van der Waals surface area contributed by atoms with Crippen LogP contribution in [0.25, 0.3) is 44.6 Å². The van der Waals surface area contributed by atoms with Crippen molar-refractivity contribution >= 4 is 22.1 Å². The second-order valence-electron chi connectivity index (χ2n) is 7.89. The highest BCUT2D eigenvalue weighted by Crippen LogP contribution is 2.35. The highest BCUT2D eigenvalue weighted by molar-refractivity contribution is 5.87. The smallest absolute Gasteiger partial charge is 0.100 e. The summed E-state index contributed by atoms with van der Waals surface area (Å²) in [6.45, 7) is 0. The quantitative estimate of drug-likeness (QED) is 0.352. The van der Waals surface area contributed by atoms with Gasteiger partial charge >= 0.3 is 0 Å². The molecule has 2 heterocycles. The maximum Gasteiger partial charge on any atom is 0.100 e. The third-order valence-corrected chi connectivity index (χ3v) is 5.97. The molecular formula is C28H16N6. The molecule has 0 fully saturated rings. The molecule has 0 N–H and O–H groups in total. The number of aromatic nitrogens is 4. The van der Waals surface area contributed by atoms with Crippen molar-refractivity contribution < 1.29 is 0 Å². The van der Waals surface area contributed by atoms with E-state index in [4.69, 9.17) is 0 Å². The van der Waals surface area contributed by atoms with E-state index in [9.17, 15) is 10.5 Å². The van der Waals surface area contributed by atoms with Gasteiger partial charge in [0, 0.05) is 11.1 Å². The standard InChI is InChI=1S/C28H16N6/c29-15-19-9-11-21(27(13-19)33-17-31-23-5-1-3-7-25(23)33)22-12-10-20(16-30)14-28(22)34-18-32-24-6-2-4-8-26(24)34/h1-14,17-18H. The van der Waals surface area contributed by atoms with Crippen LogP contribution in [0.5, 0.6) is 0 Å². The number of hydrogen-bond donors (Lipinski definition) is 0. The lowest BCUT2D eigenvalue weighted by atomic mass is 9.98. The lowest BCUT2D eigenvalue weighted by Crippen LogP contribution is -2.01. The molecule has 6 rings (SSSR count). The first kappa shape index (κ1) is 19.5. The van der Waals surface area contributed by atoms with E-state index in [1.54, 1.807) is 12.7 Å². The molecule has 0 saturated heterocycles. The van der Waals surface area contributed by atoms with Crippen LogP contribution in [0, 0.1) is 22.7 Å². The Kier molecular flexibility index (Phi) is 4.43. The summed E-state index contributed by atoms with van der Waals surface area (Å²) in [6, 6.07) is 31.6. The molecule has 0 aliphatic rings. The number of nitriles is 2. The number of rotatable bonds is 3. The Morgan fingerprint density at radius 2 is 1.00 bits per heavy atom. The van der Waals surface area contributed by atoms with Gasteiger partial charge in [-0.15, -0.1) is 0 Å². The lowest BCUT2D eigenvalue weighted by Gasteiger charge is -2.17. The van der Waals surface area contributed by atoms with Gasteiger partial charge in [0.05, 0.1) is 56.7 Å². The van der Waals surface area contributed by atoms with Crippen LogP contribution in [0.4, 0.5) is 0 Å². The van der Waals surface area contributed by atoms with E-state index in [1.807, 2.05) is 94.1 Å². The Morgan fingerprint density at radius 1 is 0.559 bits per heavy atom. The molecule has 0 saturated carbocycles. The average Bonchev–Trinajstić information content (AvgIpc) is 3.52. The van der Waals surface area contributed by atoms with Crippen molar-refractivity contribution in [3.63, 3.8) is 0 Å². The van der Waals surface area contributed by atoms with Crippen LogP contribution in [0.3, 0.4) is 0 Å². The van der Waals surface area contributed by atoms with Gasteiger partial charge in [-0.2, -0.15) is 10.5 Å². The van der Waals surface area contributed by atoms with Crippen molar-refractivity contribution in [2.45, 2.75) is 0 Å². The minimum atomic E-state index is 0.555. The first-order valence-electron chi connectivity index (χ1n) is 10.7. The molecule has 2 aromatic heterocycles. The molecule has 6 nitrogen and oxygen atoms in total. The summed E-state index contributed by atoms with van der Waals surface area (Å²) < 4.78 is 4.00. The molecule has 0 aliphatic heterocycles. The van der Waals surface area contributed by atoms with E-state index < -0.39 is 0 Å². The predicted molar refractivity (Wildman–Crippen MR) is 131 cm³/mol. The van der Waals surface area contributed by atoms with Crippen molar-refractivity contribution in [2.75, 3.05) is 0 Å². The molecule has 34 heavy (non-hydrogen) atoms. The number of para-hydroxylation sites is 4. The third-order valence-electron chi connectivity index (χ3n) is 5.97. The zero-order valence-corrected chi connectivity index (χ0v) is 17.9. The second-order valence-corrected chi connectivity index (χ2v) is 7.89. The zero-order valence-electron chi connectivity index (χ0n) is 17.9. The van der Waals surface area contributed by atoms with E-state index in [1.165, 1.54) is 0 Å². The van der Waals surface area contributed by atoms with Gasteiger partial charge in [0.25, 0.3) is 0 Å². The molecule has 0 amide bonds. The van der Waals surface area contributed by atoms with E-state index in [0.717, 1.165) is 44.6 Å². The number of fused-ring (bicyclic) bond motifs is 2. The first-order valence-corrected chi connectivity index (χ1v) is 10.7. The van der Waals surface area contributed by atoms with Crippen molar-refractivity contribution in [2.24, 2.45) is 0 Å². The SMILES string of the molecule is N#Cc1ccc(-c2ccc(C#N)cc2-n2cnc3ccccc32)c(-n2cnc3ccccc32)c1. The maximum atomic E-state index is 9.60. The normalized spacial score (nSPS) is 10.9. The molecule has 4 aromatic carbocycles. The number of benzene rings is 4. The Balaban J connectivity index is 1.67. The summed E-state index contributed by atoms with van der Waals surface area (Å²) in [7, 11) is 0. The molecule has 6 heteroatoms. The monoisotopic (exact) mass is 436 g/mol. The first-order chi connectivity index (χ1) is 16.8. The average molecular weight is 436 g/mol. The number of nitrogens with zero attached hydrogens (tertiary/aromatic N) is 6. The van der Waals surface area contributed by atoms with Crippen molar-refractivity contribution in [3.05, 3.63) is 109 Å². The second kappa shape index (κ2) is 7.74. The summed E-state index contributed by atoms with van der Waals surface area (Å²) in [6.07, 6.45) is 3.56. The minimum Gasteiger partial charge on any atom is -0.298 e. The summed E-state index contributed by atoms with van der Waals surface area (Å²) in [5, 5.41) is 19.2. The van der Waals surface area contributed by atoms with Crippen LogP contribution in [0.1, 0.15) is 11.1 Å². The van der Waals surface area contributed by atoms with E-state index in [2.05, 4.69) is 22.1 Å². The van der Waals surface area contributed by atoms with Gasteiger partial charge in [-0.1, -0.05) is 36.4 Å². The summed E-state index contributed by atoms with van der Waals surface area (Å²) in [5.41, 5.74) is 8.25. The third kappa shape index (κ3) is 3.02. The molecule has 0 spiro atoms. The van der Waals surface area contributed by atoms with Gasteiger partial charge < -0.3 is 0 Å². The van der Waals surface area contributed by atoms with Crippen molar-refractivity contribution in [3.8, 4) is 34.6 Å². The van der Waals surface area contributed by atoms with Crippen LogP contribution in [-0.2, 0) is 0 Å². The lowest BCUT2D eigenvalue weighted by molar-refractivity contribution is 1.08. The summed E-state index contributed by atoms with van der Waals surface area (Å²) in [4.78, 5) is 9.10. The van der Waals surface area contributed by atoms with Crippen LogP contribution in [0.15, 0.2) is 97.6 Å². The van der Waals surface area contributed by atoms with Crippen LogP contribution in [-0.4, -0.2) is 19.1 Å². The molecule has 6 aromatic rings. The van der Waals surface area contributed by atoms with Gasteiger partial charge in [0.1, 0.15) is 12.7 Å². The Hall–Kier alpha value is -5.20. The van der Waals surface area contributed by atoms with Crippen LogP contribution in [0.2, 0.25) is 0 Å². The van der Waals surface area contributed by atoms with Crippen molar-refractivity contribution in [1.82, 2.24) is 19.1 Å². The number of imidazole rings is 2. The molecule has 0 aliphatic carbocycles. The Morgan fingerprint density at radius 3 is 1.44 bits per heavy atom. The highest BCUT2D eigenvalue weighted by atomic mass is 15.1. The largest absolute Gasteiger partial charge is 0.298 e. The number of hydrogen-bond acceptors (Lipinski definition) is 4. The van der Waals surface area contributed by atoms with Gasteiger partial charge in [-0.05, 0) is 48.5 Å². The van der Waals surface area contributed by atoms with Crippen LogP contribution < -0.4 is 0 Å². The van der Waals surface area contributed by atoms with Crippen LogP contribution >= 0.6 is 0 Å². The van der Waals surface area contributed by atoms with Gasteiger partial charge in [0.2, 0.25) is 0 Å². The van der Waals surface area contributed by atoms with Crippen molar-refractivity contribution in [1.29, 1.82) is 10.5 Å². The van der Waals surface area contributed by atoms with Gasteiger partial charge in [-0.3, -0.25) is 9.13 Å². The molecule has 0 radical (unpaired) electrons. The fourth-order valence-corrected chi connectivity index (χ4v) is 4.36. The summed E-state index contributed by atoms with van der Waals surface area (Å²) >= 11 is 0. The predicted octanol–water partition coefficient (Wildman–Crippen LogP) is 5.77. The molecule has 158 valence electrons. The zero-order chi connectivity index (χ0) is 23.1. The Labute approximate surface area is 195 Å². The molecule has 0 unspecified atom stereocenters. The fourth-order valence-electron chi connectivity index (χ4n) is 4.36. The minimum absolute atomic E-state index is 0.555. The summed E-state index contributed by atoms with van der Waals surface area (Å²) in [5.74, 6) is 0. The molecular weight excluding hydrogens is 420 g/mol. The molecule has 0 atom stereocenters. The highest BCUT2D eigenvalue weighted by Gasteiger charge is 2.17. The molecule has 0 bridgehead atoms. The maximum absolute atomic E-state index is 9.60.